The molecular weight excluding hydrogens is 394 g/mol. The quantitative estimate of drug-likeness (QED) is 0.384. The van der Waals surface area contributed by atoms with Gasteiger partial charge in [0.25, 0.3) is 5.69 Å². The largest absolute Gasteiger partial charge is 0.357 e. The summed E-state index contributed by atoms with van der Waals surface area (Å²) in [7, 11) is 0. The molecule has 0 saturated carbocycles. The second kappa shape index (κ2) is 8.29. The first kappa shape index (κ1) is 20.3. The van der Waals surface area contributed by atoms with Crippen molar-refractivity contribution in [3.63, 3.8) is 0 Å². The Morgan fingerprint density at radius 1 is 1.14 bits per heavy atom. The zero-order chi connectivity index (χ0) is 20.3. The fourth-order valence-electron chi connectivity index (χ4n) is 2.93. The molecule has 0 radical (unpaired) electrons. The molecule has 0 amide bonds. The van der Waals surface area contributed by atoms with Crippen molar-refractivity contribution in [1.82, 2.24) is 4.98 Å². The summed E-state index contributed by atoms with van der Waals surface area (Å²) in [4.78, 5) is 16.8. The number of rotatable bonds is 6. The molecule has 1 heterocycles. The van der Waals surface area contributed by atoms with E-state index < -0.39 is 0 Å². The molecule has 0 aliphatic heterocycles. The van der Waals surface area contributed by atoms with Crippen LogP contribution in [-0.2, 0) is 18.4 Å². The topological polar surface area (TPSA) is 68.1 Å². The van der Waals surface area contributed by atoms with Crippen molar-refractivity contribution in [2.45, 2.75) is 39.2 Å². The zero-order valence-corrected chi connectivity index (χ0v) is 17.6. The maximum Gasteiger partial charge on any atom is 0.274 e. The third-order valence-corrected chi connectivity index (χ3v) is 5.57. The van der Waals surface area contributed by atoms with Crippen molar-refractivity contribution in [1.29, 1.82) is 0 Å². The van der Waals surface area contributed by atoms with E-state index in [0.29, 0.717) is 12.1 Å². The van der Waals surface area contributed by atoms with Gasteiger partial charge in [-0.1, -0.05) is 62.7 Å². The van der Waals surface area contributed by atoms with E-state index in [4.69, 9.17) is 16.6 Å². The summed E-state index contributed by atoms with van der Waals surface area (Å²) in [5, 5.41) is 16.0. The summed E-state index contributed by atoms with van der Waals surface area (Å²) in [5.41, 5.74) is 2.86. The van der Waals surface area contributed by atoms with E-state index in [9.17, 15) is 10.1 Å². The Bertz CT molecular complexity index is 978. The number of halogens is 1. The fourth-order valence-corrected chi connectivity index (χ4v) is 4.26. The lowest BCUT2D eigenvalue weighted by Gasteiger charge is -2.17. The van der Waals surface area contributed by atoms with Gasteiger partial charge in [0.05, 0.1) is 10.6 Å². The normalized spacial score (nSPS) is 11.4. The third kappa shape index (κ3) is 4.88. The van der Waals surface area contributed by atoms with E-state index in [2.05, 4.69) is 26.1 Å². The van der Waals surface area contributed by atoms with Gasteiger partial charge in [0.15, 0.2) is 5.13 Å². The van der Waals surface area contributed by atoms with Crippen LogP contribution in [0.3, 0.4) is 0 Å². The number of thiazole rings is 1. The van der Waals surface area contributed by atoms with Gasteiger partial charge in [-0.25, -0.2) is 4.98 Å². The monoisotopic (exact) mass is 415 g/mol. The lowest BCUT2D eigenvalue weighted by molar-refractivity contribution is -0.385. The summed E-state index contributed by atoms with van der Waals surface area (Å²) in [6.07, 6.45) is 0.772. The standard InChI is InChI=1S/C21H22ClN3O2S/c1-21(2,3)19-18(12-14-8-10-16(22)11-9-14)28-20(24-19)23-13-15-6-4-5-7-17(15)25(26)27/h4-11H,12-13H2,1-3H3,(H,23,24). The summed E-state index contributed by atoms with van der Waals surface area (Å²) in [5.74, 6) is 0. The van der Waals surface area contributed by atoms with Crippen molar-refractivity contribution in [2.75, 3.05) is 5.32 Å². The lowest BCUT2D eigenvalue weighted by atomic mass is 9.90. The number of benzene rings is 2. The Morgan fingerprint density at radius 2 is 1.82 bits per heavy atom. The predicted molar refractivity (Wildman–Crippen MR) is 115 cm³/mol. The number of hydrogen-bond acceptors (Lipinski definition) is 5. The summed E-state index contributed by atoms with van der Waals surface area (Å²) >= 11 is 7.58. The molecule has 0 saturated heterocycles. The molecule has 28 heavy (non-hydrogen) atoms. The smallest absolute Gasteiger partial charge is 0.274 e. The van der Waals surface area contributed by atoms with Crippen LogP contribution >= 0.6 is 22.9 Å². The van der Waals surface area contributed by atoms with Crippen LogP contribution in [0.25, 0.3) is 0 Å². The summed E-state index contributed by atoms with van der Waals surface area (Å²) in [6, 6.07) is 14.6. The molecule has 3 aromatic rings. The van der Waals surface area contributed by atoms with Crippen LogP contribution in [0.2, 0.25) is 5.02 Å². The number of anilines is 1. The maximum atomic E-state index is 11.2. The van der Waals surface area contributed by atoms with Gasteiger partial charge in [-0.2, -0.15) is 0 Å². The van der Waals surface area contributed by atoms with Gasteiger partial charge in [-0.05, 0) is 17.7 Å². The van der Waals surface area contributed by atoms with Crippen LogP contribution in [-0.4, -0.2) is 9.91 Å². The summed E-state index contributed by atoms with van der Waals surface area (Å²) < 4.78 is 0. The van der Waals surface area contributed by atoms with Gasteiger partial charge in [-0.3, -0.25) is 10.1 Å². The number of para-hydroxylation sites is 1. The highest BCUT2D eigenvalue weighted by Gasteiger charge is 2.23. The molecule has 3 rings (SSSR count). The van der Waals surface area contributed by atoms with Crippen LogP contribution in [0.5, 0.6) is 0 Å². The Labute approximate surface area is 173 Å². The van der Waals surface area contributed by atoms with E-state index in [-0.39, 0.29) is 16.0 Å². The molecular formula is C21H22ClN3O2S. The van der Waals surface area contributed by atoms with Crippen LogP contribution in [0.4, 0.5) is 10.8 Å². The van der Waals surface area contributed by atoms with Gasteiger partial charge in [0, 0.05) is 39.9 Å². The fraction of sp³-hybridized carbons (Fsp3) is 0.286. The molecule has 0 atom stereocenters. The Morgan fingerprint density at radius 3 is 2.46 bits per heavy atom. The number of aromatic nitrogens is 1. The van der Waals surface area contributed by atoms with Gasteiger partial charge in [0.2, 0.25) is 0 Å². The minimum atomic E-state index is -0.356. The molecule has 0 unspecified atom stereocenters. The van der Waals surface area contributed by atoms with Crippen LogP contribution in [0.1, 0.15) is 42.5 Å². The van der Waals surface area contributed by atoms with E-state index in [1.54, 1.807) is 29.5 Å². The highest BCUT2D eigenvalue weighted by atomic mass is 35.5. The molecule has 0 aliphatic carbocycles. The molecule has 5 nitrogen and oxygen atoms in total. The highest BCUT2D eigenvalue weighted by Crippen LogP contribution is 2.34. The van der Waals surface area contributed by atoms with Gasteiger partial charge < -0.3 is 5.32 Å². The lowest BCUT2D eigenvalue weighted by Crippen LogP contribution is -2.14. The van der Waals surface area contributed by atoms with Gasteiger partial charge in [-0.15, -0.1) is 11.3 Å². The average Bonchev–Trinajstić information content (AvgIpc) is 3.05. The van der Waals surface area contributed by atoms with Crippen LogP contribution in [0, 0.1) is 10.1 Å². The van der Waals surface area contributed by atoms with E-state index in [0.717, 1.165) is 22.3 Å². The molecule has 1 aromatic heterocycles. The molecule has 2 aromatic carbocycles. The van der Waals surface area contributed by atoms with Crippen LogP contribution < -0.4 is 5.32 Å². The first-order valence-electron chi connectivity index (χ1n) is 8.95. The Hall–Kier alpha value is -2.44. The molecule has 1 N–H and O–H groups in total. The number of nitro groups is 1. The van der Waals surface area contributed by atoms with Crippen molar-refractivity contribution in [3.05, 3.63) is 85.4 Å². The molecule has 7 heteroatoms. The predicted octanol–water partition coefficient (Wildman–Crippen LogP) is 6.21. The van der Waals surface area contributed by atoms with Crippen LogP contribution in [0.15, 0.2) is 48.5 Å². The van der Waals surface area contributed by atoms with E-state index in [1.165, 1.54) is 16.5 Å². The Kier molecular flexibility index (Phi) is 6.01. The number of nitro benzene ring substituents is 1. The molecule has 0 spiro atoms. The Balaban J connectivity index is 1.84. The molecule has 146 valence electrons. The summed E-state index contributed by atoms with van der Waals surface area (Å²) in [6.45, 7) is 6.77. The highest BCUT2D eigenvalue weighted by molar-refractivity contribution is 7.15. The third-order valence-electron chi connectivity index (χ3n) is 4.30. The SMILES string of the molecule is CC(C)(C)c1nc(NCc2ccccc2[N+](=O)[O-])sc1Cc1ccc(Cl)cc1. The molecule has 0 fully saturated rings. The van der Waals surface area contributed by atoms with Gasteiger partial charge in [0.1, 0.15) is 0 Å². The maximum absolute atomic E-state index is 11.2. The van der Waals surface area contributed by atoms with Crippen molar-refractivity contribution in [3.8, 4) is 0 Å². The second-order valence-electron chi connectivity index (χ2n) is 7.58. The second-order valence-corrected chi connectivity index (χ2v) is 9.10. The molecule has 0 aliphatic rings. The first-order valence-corrected chi connectivity index (χ1v) is 10.1. The van der Waals surface area contributed by atoms with Crippen molar-refractivity contribution in [2.24, 2.45) is 0 Å². The number of nitrogens with one attached hydrogen (secondary N) is 1. The minimum Gasteiger partial charge on any atom is -0.357 e. The van der Waals surface area contributed by atoms with E-state index in [1.807, 2.05) is 24.3 Å². The van der Waals surface area contributed by atoms with Crippen molar-refractivity contribution >= 4 is 33.8 Å². The molecule has 0 bridgehead atoms. The van der Waals surface area contributed by atoms with Crippen molar-refractivity contribution < 1.29 is 4.92 Å². The zero-order valence-electron chi connectivity index (χ0n) is 16.0. The van der Waals surface area contributed by atoms with E-state index >= 15 is 0 Å². The number of nitrogens with zero attached hydrogens (tertiary/aromatic N) is 2. The first-order chi connectivity index (χ1) is 13.2. The average molecular weight is 416 g/mol. The minimum absolute atomic E-state index is 0.100. The number of hydrogen-bond donors (Lipinski definition) is 1. The van der Waals surface area contributed by atoms with Gasteiger partial charge >= 0.3 is 0 Å².